The molecule has 0 radical (unpaired) electrons. The molecule has 1 aliphatic carbocycles. The van der Waals surface area contributed by atoms with Crippen LogP contribution < -0.4 is 10.5 Å². The minimum atomic E-state index is -3.59. The van der Waals surface area contributed by atoms with Gasteiger partial charge in [0.15, 0.2) is 0 Å². The number of hydrogen-bond donors (Lipinski definition) is 2. The van der Waals surface area contributed by atoms with Gasteiger partial charge in [-0.2, -0.15) is 5.26 Å². The molecule has 2 atom stereocenters. The van der Waals surface area contributed by atoms with Gasteiger partial charge < -0.3 is 5.73 Å². The first kappa shape index (κ1) is 17.9. The molecule has 2 unspecified atom stereocenters. The van der Waals surface area contributed by atoms with Crippen LogP contribution in [0.15, 0.2) is 29.2 Å². The van der Waals surface area contributed by atoms with E-state index in [1.807, 2.05) is 6.07 Å². The Morgan fingerprint density at radius 1 is 1.33 bits per heavy atom. The third-order valence-corrected chi connectivity index (χ3v) is 5.28. The Bertz CT molecular complexity index is 613. The first-order chi connectivity index (χ1) is 9.56. The second-order valence-electron chi connectivity index (χ2n) is 5.15. The zero-order valence-electron chi connectivity index (χ0n) is 11.7. The first-order valence-corrected chi connectivity index (χ1v) is 8.27. The smallest absolute Gasteiger partial charge is 0.240 e. The number of rotatable bonds is 4. The van der Waals surface area contributed by atoms with Gasteiger partial charge >= 0.3 is 0 Å². The lowest BCUT2D eigenvalue weighted by atomic mass is 9.85. The summed E-state index contributed by atoms with van der Waals surface area (Å²) >= 11 is 0. The molecule has 0 bridgehead atoms. The van der Waals surface area contributed by atoms with Crippen molar-refractivity contribution in [2.45, 2.75) is 36.6 Å². The van der Waals surface area contributed by atoms with Crippen molar-refractivity contribution in [1.82, 2.24) is 4.72 Å². The van der Waals surface area contributed by atoms with Crippen LogP contribution in [-0.2, 0) is 10.0 Å². The molecular weight excluding hydrogens is 310 g/mol. The molecule has 7 heteroatoms. The van der Waals surface area contributed by atoms with Crippen LogP contribution in [0.1, 0.15) is 31.2 Å². The average Bonchev–Trinajstić information content (AvgIpc) is 2.47. The highest BCUT2D eigenvalue weighted by molar-refractivity contribution is 7.89. The van der Waals surface area contributed by atoms with Crippen molar-refractivity contribution in [3.63, 3.8) is 0 Å². The van der Waals surface area contributed by atoms with Crippen LogP contribution in [0.3, 0.4) is 0 Å². The van der Waals surface area contributed by atoms with Crippen molar-refractivity contribution in [3.05, 3.63) is 29.8 Å². The highest BCUT2D eigenvalue weighted by Gasteiger charge is 2.28. The molecule has 21 heavy (non-hydrogen) atoms. The van der Waals surface area contributed by atoms with Gasteiger partial charge in [0.1, 0.15) is 0 Å². The summed E-state index contributed by atoms with van der Waals surface area (Å²) in [5.41, 5.74) is 6.06. The minimum Gasteiger partial charge on any atom is -0.330 e. The average molecular weight is 330 g/mol. The van der Waals surface area contributed by atoms with E-state index in [0.29, 0.717) is 12.1 Å². The molecule has 1 fully saturated rings. The van der Waals surface area contributed by atoms with E-state index in [2.05, 4.69) is 4.72 Å². The molecule has 0 amide bonds. The van der Waals surface area contributed by atoms with E-state index in [9.17, 15) is 8.42 Å². The zero-order chi connectivity index (χ0) is 14.6. The molecule has 0 aromatic heterocycles. The minimum absolute atomic E-state index is 0. The summed E-state index contributed by atoms with van der Waals surface area (Å²) < 4.78 is 27.5. The lowest BCUT2D eigenvalue weighted by Crippen LogP contribution is -2.44. The fourth-order valence-corrected chi connectivity index (χ4v) is 4.03. The standard InChI is InChI=1S/C14H19N3O2S.ClH/c15-9-11-4-3-6-13(8-11)20(18,19)17-14-7-2-1-5-12(14)10-16;/h3-4,6,8,12,14,17H,1-2,5,7,10,16H2;1H. The zero-order valence-corrected chi connectivity index (χ0v) is 13.3. The maximum Gasteiger partial charge on any atom is 0.240 e. The Kier molecular flexibility index (Phi) is 6.62. The lowest BCUT2D eigenvalue weighted by molar-refractivity contribution is 0.296. The maximum absolute atomic E-state index is 12.4. The summed E-state index contributed by atoms with van der Waals surface area (Å²) in [5.74, 6) is 0.192. The number of nitrogens with two attached hydrogens (primary N) is 1. The van der Waals surface area contributed by atoms with Crippen molar-refractivity contribution in [2.75, 3.05) is 6.54 Å². The number of benzene rings is 1. The monoisotopic (exact) mass is 329 g/mol. The predicted octanol–water partition coefficient (Wildman–Crippen LogP) is 1.78. The number of sulfonamides is 1. The first-order valence-electron chi connectivity index (χ1n) is 6.79. The Morgan fingerprint density at radius 2 is 2.05 bits per heavy atom. The van der Waals surface area contributed by atoms with Crippen LogP contribution in [-0.4, -0.2) is 21.0 Å². The van der Waals surface area contributed by atoms with Crippen molar-refractivity contribution in [3.8, 4) is 6.07 Å². The number of nitrogens with zero attached hydrogens (tertiary/aromatic N) is 1. The molecule has 5 nitrogen and oxygen atoms in total. The van der Waals surface area contributed by atoms with Crippen molar-refractivity contribution in [2.24, 2.45) is 11.7 Å². The lowest BCUT2D eigenvalue weighted by Gasteiger charge is -2.31. The molecule has 0 saturated heterocycles. The largest absolute Gasteiger partial charge is 0.330 e. The van der Waals surface area contributed by atoms with Crippen LogP contribution in [0.2, 0.25) is 0 Å². The number of hydrogen-bond acceptors (Lipinski definition) is 4. The molecule has 2 rings (SSSR count). The molecule has 116 valence electrons. The molecule has 0 heterocycles. The van der Waals surface area contributed by atoms with Crippen molar-refractivity contribution < 1.29 is 8.42 Å². The normalized spacial score (nSPS) is 22.1. The number of nitriles is 1. The summed E-state index contributed by atoms with van der Waals surface area (Å²) in [4.78, 5) is 0.137. The van der Waals surface area contributed by atoms with Gasteiger partial charge in [-0.15, -0.1) is 12.4 Å². The Morgan fingerprint density at radius 3 is 2.71 bits per heavy atom. The van der Waals surface area contributed by atoms with Gasteiger partial charge in [-0.1, -0.05) is 18.9 Å². The van der Waals surface area contributed by atoms with E-state index in [1.165, 1.54) is 12.1 Å². The van der Waals surface area contributed by atoms with Gasteiger partial charge in [0.2, 0.25) is 10.0 Å². The van der Waals surface area contributed by atoms with Crippen molar-refractivity contribution in [1.29, 1.82) is 5.26 Å². The SMILES string of the molecule is Cl.N#Cc1cccc(S(=O)(=O)NC2CCCCC2CN)c1. The molecular formula is C14H20ClN3O2S. The van der Waals surface area contributed by atoms with Gasteiger partial charge in [-0.05, 0) is 43.5 Å². The molecule has 3 N–H and O–H groups in total. The molecule has 1 saturated carbocycles. The summed E-state index contributed by atoms with van der Waals surface area (Å²) in [6.45, 7) is 0.491. The fourth-order valence-electron chi connectivity index (χ4n) is 2.65. The maximum atomic E-state index is 12.4. The molecule has 1 aliphatic rings. The molecule has 1 aromatic carbocycles. The van der Waals surface area contributed by atoms with E-state index in [4.69, 9.17) is 11.0 Å². The Labute approximate surface area is 132 Å². The topological polar surface area (TPSA) is 96.0 Å². The van der Waals surface area contributed by atoms with Gasteiger partial charge in [0, 0.05) is 6.04 Å². The van der Waals surface area contributed by atoms with Crippen LogP contribution >= 0.6 is 12.4 Å². The summed E-state index contributed by atoms with van der Waals surface area (Å²) in [7, 11) is -3.59. The highest BCUT2D eigenvalue weighted by Crippen LogP contribution is 2.25. The van der Waals surface area contributed by atoms with Gasteiger partial charge in [0.25, 0.3) is 0 Å². The van der Waals surface area contributed by atoms with Gasteiger partial charge in [0.05, 0.1) is 16.5 Å². The molecule has 0 aliphatic heterocycles. The van der Waals surface area contributed by atoms with E-state index in [0.717, 1.165) is 25.7 Å². The van der Waals surface area contributed by atoms with Crippen LogP contribution in [0.5, 0.6) is 0 Å². The third kappa shape index (κ3) is 4.42. The van der Waals surface area contributed by atoms with Crippen LogP contribution in [0, 0.1) is 17.2 Å². The predicted molar refractivity (Wildman–Crippen MR) is 83.5 cm³/mol. The van der Waals surface area contributed by atoms with E-state index >= 15 is 0 Å². The number of nitrogens with one attached hydrogen (secondary N) is 1. The fraction of sp³-hybridized carbons (Fsp3) is 0.500. The van der Waals surface area contributed by atoms with Gasteiger partial charge in [-0.25, -0.2) is 13.1 Å². The van der Waals surface area contributed by atoms with Gasteiger partial charge in [-0.3, -0.25) is 0 Å². The second kappa shape index (κ2) is 7.76. The summed E-state index contributed by atoms with van der Waals surface area (Å²) in [6.07, 6.45) is 3.90. The van der Waals surface area contributed by atoms with E-state index < -0.39 is 10.0 Å². The number of halogens is 1. The second-order valence-corrected chi connectivity index (χ2v) is 6.86. The Hall–Kier alpha value is -1.13. The van der Waals surface area contributed by atoms with Crippen molar-refractivity contribution >= 4 is 22.4 Å². The highest BCUT2D eigenvalue weighted by atomic mass is 35.5. The van der Waals surface area contributed by atoms with Crippen LogP contribution in [0.25, 0.3) is 0 Å². The summed E-state index contributed by atoms with van der Waals surface area (Å²) in [6, 6.07) is 7.90. The third-order valence-electron chi connectivity index (χ3n) is 3.79. The molecule has 1 aromatic rings. The Balaban J connectivity index is 0.00000220. The van der Waals surface area contributed by atoms with E-state index in [1.54, 1.807) is 12.1 Å². The van der Waals surface area contributed by atoms with Crippen LogP contribution in [0.4, 0.5) is 0 Å². The summed E-state index contributed by atoms with van der Waals surface area (Å²) in [5, 5.41) is 8.85. The molecule has 0 spiro atoms. The quantitative estimate of drug-likeness (QED) is 0.880. The van der Waals surface area contributed by atoms with E-state index in [-0.39, 0.29) is 29.3 Å².